The Hall–Kier alpha value is -2.55. The van der Waals surface area contributed by atoms with Crippen LogP contribution < -0.4 is 4.89 Å². The van der Waals surface area contributed by atoms with Crippen molar-refractivity contribution in [1.29, 1.82) is 0 Å². The average Bonchev–Trinajstić information content (AvgIpc) is 3.40. The lowest BCUT2D eigenvalue weighted by molar-refractivity contribution is -0.870. The van der Waals surface area contributed by atoms with E-state index in [1.54, 1.807) is 0 Å². The van der Waals surface area contributed by atoms with Gasteiger partial charge in [-0.15, -0.1) is 0 Å². The zero-order valence-electron chi connectivity index (χ0n) is 51.6. The second kappa shape index (κ2) is 59.1. The molecule has 0 aromatic carbocycles. The molecule has 0 aliphatic carbocycles. The fraction of sp³-hybridized carbons (Fsp3) is 0.794. The molecular weight excluding hydrogens is 990 g/mol. The standard InChI is InChI=1S/C68H124NO8P/c1-6-8-10-12-14-16-18-20-22-24-25-26-27-28-29-30-31-32-33-34-35-36-37-38-39-40-41-42-43-45-46-48-50-52-54-56-58-60-67(70)74-64-66(65-76-78(72,73)75-63-62-69(3,4)5)77-68(71)61-59-57-55-53-51-49-47-44-23-21-19-17-15-13-11-9-7-2/h9,11,15,17,21,23-25,47,49,53,55,66H,6-8,10,12-14,16,18-20,22,26-46,48,50-52,54,56-65H2,1-5H3/b11-9-,17-15-,23-21-,25-24-,49-47-,55-53-. The van der Waals surface area contributed by atoms with Gasteiger partial charge in [-0.25, -0.2) is 0 Å². The monoisotopic (exact) mass is 1110 g/mol. The van der Waals surface area contributed by atoms with E-state index in [9.17, 15) is 19.0 Å². The third kappa shape index (κ3) is 62.6. The minimum absolute atomic E-state index is 0.0431. The lowest BCUT2D eigenvalue weighted by Crippen LogP contribution is -2.37. The highest BCUT2D eigenvalue weighted by Gasteiger charge is 2.22. The summed E-state index contributed by atoms with van der Waals surface area (Å²) in [5.41, 5.74) is 0. The van der Waals surface area contributed by atoms with E-state index in [0.717, 1.165) is 51.4 Å². The maximum Gasteiger partial charge on any atom is 0.306 e. The second-order valence-corrected chi connectivity index (χ2v) is 24.5. The highest BCUT2D eigenvalue weighted by molar-refractivity contribution is 7.45. The van der Waals surface area contributed by atoms with E-state index >= 15 is 0 Å². The number of phosphoric acid groups is 1. The molecule has 0 N–H and O–H groups in total. The molecule has 0 radical (unpaired) electrons. The summed E-state index contributed by atoms with van der Waals surface area (Å²) >= 11 is 0. The number of nitrogens with zero attached hydrogens (tertiary/aromatic N) is 1. The molecule has 0 aromatic heterocycles. The number of unbranched alkanes of at least 4 members (excludes halogenated alkanes) is 34. The fourth-order valence-corrected chi connectivity index (χ4v) is 9.95. The van der Waals surface area contributed by atoms with E-state index in [2.05, 4.69) is 80.7 Å². The Labute approximate surface area is 482 Å². The molecule has 0 aliphatic rings. The van der Waals surface area contributed by atoms with Crippen LogP contribution in [0.5, 0.6) is 0 Å². The van der Waals surface area contributed by atoms with Gasteiger partial charge in [0.05, 0.1) is 27.7 Å². The van der Waals surface area contributed by atoms with Crippen molar-refractivity contribution in [3.8, 4) is 0 Å². The number of likely N-dealkylation sites (N-methyl/N-ethyl adjacent to an activating group) is 1. The van der Waals surface area contributed by atoms with Crippen LogP contribution in [0, 0.1) is 0 Å². The average molecular weight is 1110 g/mol. The number of phosphoric ester groups is 1. The molecule has 0 fully saturated rings. The summed E-state index contributed by atoms with van der Waals surface area (Å²) in [6.45, 7) is 4.08. The Balaban J connectivity index is 3.96. The molecule has 0 amide bonds. The molecule has 0 rings (SSSR count). The van der Waals surface area contributed by atoms with E-state index in [1.807, 2.05) is 27.2 Å². The summed E-state index contributed by atoms with van der Waals surface area (Å²) in [6.07, 6.45) is 78.7. The minimum Gasteiger partial charge on any atom is -0.756 e. The number of esters is 2. The smallest absolute Gasteiger partial charge is 0.306 e. The van der Waals surface area contributed by atoms with Crippen LogP contribution in [-0.2, 0) is 32.7 Å². The number of carbonyl (C=O) groups is 2. The maximum absolute atomic E-state index is 12.8. The van der Waals surface area contributed by atoms with Crippen molar-refractivity contribution in [3.05, 3.63) is 72.9 Å². The van der Waals surface area contributed by atoms with E-state index in [0.29, 0.717) is 23.9 Å². The Bertz CT molecular complexity index is 1550. The summed E-state index contributed by atoms with van der Waals surface area (Å²) in [5, 5.41) is 0. The summed E-state index contributed by atoms with van der Waals surface area (Å²) in [5.74, 6) is -0.895. The molecule has 2 unspecified atom stereocenters. The Kier molecular flexibility index (Phi) is 57.2. The van der Waals surface area contributed by atoms with Crippen molar-refractivity contribution in [2.75, 3.05) is 47.5 Å². The predicted octanol–water partition coefficient (Wildman–Crippen LogP) is 20.2. The van der Waals surface area contributed by atoms with E-state index in [4.69, 9.17) is 18.5 Å². The zero-order chi connectivity index (χ0) is 57.0. The lowest BCUT2D eigenvalue weighted by Gasteiger charge is -2.28. The Morgan fingerprint density at radius 1 is 0.410 bits per heavy atom. The van der Waals surface area contributed by atoms with Crippen molar-refractivity contribution in [1.82, 2.24) is 0 Å². The second-order valence-electron chi connectivity index (χ2n) is 23.1. The first-order valence-electron chi connectivity index (χ1n) is 32.6. The van der Waals surface area contributed by atoms with Crippen molar-refractivity contribution in [3.63, 3.8) is 0 Å². The van der Waals surface area contributed by atoms with Gasteiger partial charge in [0, 0.05) is 12.8 Å². The van der Waals surface area contributed by atoms with Gasteiger partial charge in [-0.1, -0.05) is 279 Å². The van der Waals surface area contributed by atoms with E-state index in [1.165, 1.54) is 205 Å². The topological polar surface area (TPSA) is 111 Å². The number of rotatable bonds is 60. The molecule has 0 saturated heterocycles. The minimum atomic E-state index is -4.65. The third-order valence-electron chi connectivity index (χ3n) is 14.2. The molecule has 0 bridgehead atoms. The van der Waals surface area contributed by atoms with Crippen LogP contribution in [-0.4, -0.2) is 70.0 Å². The van der Waals surface area contributed by atoms with Crippen molar-refractivity contribution < 1.29 is 42.1 Å². The predicted molar refractivity (Wildman–Crippen MR) is 333 cm³/mol. The molecule has 10 heteroatoms. The molecule has 2 atom stereocenters. The van der Waals surface area contributed by atoms with Crippen LogP contribution in [0.3, 0.4) is 0 Å². The normalized spacial score (nSPS) is 13.7. The number of allylic oxidation sites excluding steroid dienone is 12. The Morgan fingerprint density at radius 2 is 0.744 bits per heavy atom. The van der Waals surface area contributed by atoms with Gasteiger partial charge in [-0.05, 0) is 77.0 Å². The summed E-state index contributed by atoms with van der Waals surface area (Å²) in [4.78, 5) is 37.9. The van der Waals surface area contributed by atoms with Crippen LogP contribution in [0.4, 0.5) is 0 Å². The van der Waals surface area contributed by atoms with Gasteiger partial charge in [0.25, 0.3) is 7.82 Å². The summed E-state index contributed by atoms with van der Waals surface area (Å²) in [7, 11) is 1.13. The van der Waals surface area contributed by atoms with E-state index < -0.39 is 32.5 Å². The molecule has 0 aliphatic heterocycles. The van der Waals surface area contributed by atoms with Gasteiger partial charge in [-0.2, -0.15) is 0 Å². The molecule has 0 saturated carbocycles. The first-order chi connectivity index (χ1) is 38.0. The fourth-order valence-electron chi connectivity index (χ4n) is 9.22. The Morgan fingerprint density at radius 3 is 1.14 bits per heavy atom. The summed E-state index contributed by atoms with van der Waals surface area (Å²) in [6, 6.07) is 0. The first kappa shape index (κ1) is 75.5. The van der Waals surface area contributed by atoms with Crippen molar-refractivity contribution >= 4 is 19.8 Å². The van der Waals surface area contributed by atoms with Crippen molar-refractivity contribution in [2.24, 2.45) is 0 Å². The quantitative estimate of drug-likeness (QED) is 0.0195. The van der Waals surface area contributed by atoms with Gasteiger partial charge >= 0.3 is 11.9 Å². The number of hydrogen-bond acceptors (Lipinski definition) is 8. The largest absolute Gasteiger partial charge is 0.756 e. The highest BCUT2D eigenvalue weighted by atomic mass is 31.2. The molecule has 9 nitrogen and oxygen atoms in total. The molecule has 0 spiro atoms. The van der Waals surface area contributed by atoms with Gasteiger partial charge < -0.3 is 27.9 Å². The zero-order valence-corrected chi connectivity index (χ0v) is 52.5. The van der Waals surface area contributed by atoms with Crippen LogP contribution in [0.15, 0.2) is 72.9 Å². The number of ether oxygens (including phenoxy) is 2. The van der Waals surface area contributed by atoms with Gasteiger partial charge in [-0.3, -0.25) is 14.2 Å². The third-order valence-corrected chi connectivity index (χ3v) is 15.2. The first-order valence-corrected chi connectivity index (χ1v) is 34.1. The number of hydrogen-bond donors (Lipinski definition) is 0. The van der Waals surface area contributed by atoms with Crippen molar-refractivity contribution in [2.45, 2.75) is 302 Å². The maximum atomic E-state index is 12.8. The van der Waals surface area contributed by atoms with Gasteiger partial charge in [0.15, 0.2) is 6.10 Å². The summed E-state index contributed by atoms with van der Waals surface area (Å²) < 4.78 is 34.1. The van der Waals surface area contributed by atoms with Gasteiger partial charge in [0.1, 0.15) is 19.8 Å². The highest BCUT2D eigenvalue weighted by Crippen LogP contribution is 2.38. The lowest BCUT2D eigenvalue weighted by atomic mass is 10.0. The number of quaternary nitrogens is 1. The number of carbonyl (C=O) groups excluding carboxylic acids is 2. The molecule has 454 valence electrons. The van der Waals surface area contributed by atoms with Crippen LogP contribution in [0.1, 0.15) is 296 Å². The molecule has 78 heavy (non-hydrogen) atoms. The molecular formula is C68H124NO8P. The molecule has 0 aromatic rings. The van der Waals surface area contributed by atoms with Crippen LogP contribution in [0.2, 0.25) is 0 Å². The van der Waals surface area contributed by atoms with Crippen LogP contribution >= 0.6 is 7.82 Å². The van der Waals surface area contributed by atoms with Gasteiger partial charge in [0.2, 0.25) is 0 Å². The van der Waals surface area contributed by atoms with Crippen LogP contribution in [0.25, 0.3) is 0 Å². The molecule has 0 heterocycles. The van der Waals surface area contributed by atoms with E-state index in [-0.39, 0.29) is 26.1 Å². The SMILES string of the molecule is CC/C=C\C/C=C\C/C=C\C/C=C\C/C=C\CCCC(=O)OC(COC(=O)CCCCCCCCCCCCCCCCCCCCCCCCCCC/C=C\CCCCCCCCCC)COP(=O)([O-])OCC[N+](C)(C)C.